The third-order valence-electron chi connectivity index (χ3n) is 20.6. The normalized spacial score (nSPS) is 13.3. The molecule has 18 rings (SSSR count). The molecule has 2 heterocycles. The van der Waals surface area contributed by atoms with Crippen LogP contribution in [0.2, 0.25) is 0 Å². The van der Waals surface area contributed by atoms with Crippen molar-refractivity contribution in [3.05, 3.63) is 160 Å². The Kier molecular flexibility index (Phi) is 8.95. The number of hydrogen-bond acceptors (Lipinski definition) is 4. The maximum Gasteiger partial charge on any atom is 0.262 e. The number of fused-ring (bicyclic) bond motifs is 6. The van der Waals surface area contributed by atoms with Gasteiger partial charge in [-0.15, -0.1) is 0 Å². The van der Waals surface area contributed by atoms with E-state index in [2.05, 4.69) is 140 Å². The molecule has 0 aliphatic rings. The summed E-state index contributed by atoms with van der Waals surface area (Å²) in [6.07, 6.45) is 7.66. The van der Waals surface area contributed by atoms with Gasteiger partial charge in [0.25, 0.3) is 22.2 Å². The van der Waals surface area contributed by atoms with Crippen molar-refractivity contribution in [1.82, 2.24) is 9.13 Å². The smallest absolute Gasteiger partial charge is 0.262 e. The molecular weight excluding hydrogens is 1000 g/mol. The number of benzene rings is 16. The van der Waals surface area contributed by atoms with Gasteiger partial charge in [0.1, 0.15) is 0 Å². The van der Waals surface area contributed by atoms with Crippen LogP contribution in [0.15, 0.2) is 104 Å². The highest BCUT2D eigenvalue weighted by atomic mass is 16.2. The van der Waals surface area contributed by atoms with E-state index in [0.717, 1.165) is 148 Å². The van der Waals surface area contributed by atoms with E-state index in [1.165, 1.54) is 98.7 Å². The minimum Gasteiger partial charge on any atom is -0.274 e. The lowest BCUT2D eigenvalue weighted by atomic mass is 9.70. The van der Waals surface area contributed by atoms with Crippen LogP contribution in [0, 0.1) is 41.5 Å². The summed E-state index contributed by atoms with van der Waals surface area (Å²) in [5.74, 6) is 0. The molecule has 0 amide bonds. The summed E-state index contributed by atoms with van der Waals surface area (Å²) in [4.78, 5) is 61.7. The standard InChI is InChI=1S/C76H58N2O4/c1-9-11-13-15-25-77-73(79)63-45-23-21-43-53(49-35(5)27-33(3)28-36(49)6)42-20-18-40-32-48-62-58-46(64-66(48)76(82)78(74(64)80)26-16-14-12-10-2)24-22-44-54(50-37(7)29-34(4)30-38(50)8)41-19-17-39-31-47(65(63)75(77)81)61-57(45)59(43)69-56(42)52(40)68(62)72-70(60(44)58)55(41)51(39)67(61)71(69)72/h17-24,27-32H,9-16,25-26H2,1-8H3. The summed E-state index contributed by atoms with van der Waals surface area (Å²) in [6.45, 7) is 18.5. The average molecular weight is 1060 g/mol. The SMILES string of the molecule is CCCCCCn1c(=O)c2c3ccc4c(-c5c(C)cc(C)cc5C)c5ccc6cc7c8c(=O)n(CCCCCC)c(=O)c8c8ccc9c(-c%10c(C)cc(C)cc%10C)c%10ccc%11cc(c2c1=O)c1c3c4c2c5c6c3c7c8c9c4c%10c%11c1c2c43. The Morgan fingerprint density at radius 2 is 0.549 bits per heavy atom. The molecule has 0 unspecified atom stereocenters. The molecule has 82 heavy (non-hydrogen) atoms. The van der Waals surface area contributed by atoms with Crippen molar-refractivity contribution in [2.45, 2.75) is 120 Å². The van der Waals surface area contributed by atoms with Gasteiger partial charge < -0.3 is 0 Å². The zero-order chi connectivity index (χ0) is 55.5. The topological polar surface area (TPSA) is 78.1 Å². The molecule has 0 fully saturated rings. The monoisotopic (exact) mass is 1060 g/mol. The Bertz CT molecular complexity index is 5640. The predicted octanol–water partition coefficient (Wildman–Crippen LogP) is 18.8. The Morgan fingerprint density at radius 3 is 0.915 bits per heavy atom. The molecule has 0 spiro atoms. The summed E-state index contributed by atoms with van der Waals surface area (Å²) in [5, 5.41) is 30.3. The van der Waals surface area contributed by atoms with Crippen molar-refractivity contribution < 1.29 is 0 Å². The second-order valence-corrected chi connectivity index (χ2v) is 25.3. The van der Waals surface area contributed by atoms with Gasteiger partial charge in [0, 0.05) is 13.1 Å². The highest BCUT2D eigenvalue weighted by Crippen LogP contribution is 2.64. The van der Waals surface area contributed by atoms with E-state index in [9.17, 15) is 0 Å². The van der Waals surface area contributed by atoms with Crippen molar-refractivity contribution in [3.8, 4) is 22.3 Å². The Balaban J connectivity index is 1.19. The van der Waals surface area contributed by atoms with Crippen molar-refractivity contribution >= 4 is 162 Å². The Labute approximate surface area is 470 Å². The molecule has 6 nitrogen and oxygen atoms in total. The van der Waals surface area contributed by atoms with Gasteiger partial charge in [-0.25, -0.2) is 0 Å². The summed E-state index contributed by atoms with van der Waals surface area (Å²) in [6, 6.07) is 31.9. The lowest BCUT2D eigenvalue weighted by Gasteiger charge is -2.31. The molecule has 0 aliphatic carbocycles. The van der Waals surface area contributed by atoms with E-state index in [1.54, 1.807) is 9.13 Å². The van der Waals surface area contributed by atoms with Crippen LogP contribution in [0.5, 0.6) is 0 Å². The fourth-order valence-corrected chi connectivity index (χ4v) is 17.8. The number of rotatable bonds is 12. The van der Waals surface area contributed by atoms with Crippen molar-refractivity contribution in [1.29, 1.82) is 0 Å². The van der Waals surface area contributed by atoms with Gasteiger partial charge in [-0.2, -0.15) is 0 Å². The molecule has 396 valence electrons. The van der Waals surface area contributed by atoms with Crippen LogP contribution >= 0.6 is 0 Å². The maximum absolute atomic E-state index is 15.5. The maximum atomic E-state index is 15.5. The van der Waals surface area contributed by atoms with Crippen LogP contribution in [0.3, 0.4) is 0 Å². The first-order valence-corrected chi connectivity index (χ1v) is 30.1. The third kappa shape index (κ3) is 5.23. The molecule has 0 saturated carbocycles. The minimum atomic E-state index is -0.201. The molecule has 0 radical (unpaired) electrons. The molecule has 0 aliphatic heterocycles. The molecule has 0 atom stereocenters. The van der Waals surface area contributed by atoms with Gasteiger partial charge in [0.2, 0.25) is 0 Å². The average Bonchev–Trinajstić information content (AvgIpc) is 0.845. The molecule has 16 aromatic carbocycles. The van der Waals surface area contributed by atoms with Crippen LogP contribution in [0.4, 0.5) is 0 Å². The number of aromatic nitrogens is 2. The lowest BCUT2D eigenvalue weighted by Crippen LogP contribution is -2.25. The zero-order valence-corrected chi connectivity index (χ0v) is 47.7. The van der Waals surface area contributed by atoms with Gasteiger partial charge in [0.15, 0.2) is 0 Å². The van der Waals surface area contributed by atoms with Gasteiger partial charge in [-0.1, -0.05) is 136 Å². The summed E-state index contributed by atoms with van der Waals surface area (Å²) in [5.41, 5.74) is 11.2. The number of unbranched alkanes of at least 4 members (excludes halogenated alkanes) is 6. The Hall–Kier alpha value is -8.74. The van der Waals surface area contributed by atoms with Gasteiger partial charge in [-0.3, -0.25) is 28.3 Å². The predicted molar refractivity (Wildman–Crippen MR) is 350 cm³/mol. The first-order valence-electron chi connectivity index (χ1n) is 30.1. The first-order chi connectivity index (χ1) is 39.8. The molecule has 0 N–H and O–H groups in total. The molecule has 18 aromatic rings. The van der Waals surface area contributed by atoms with E-state index in [-0.39, 0.29) is 22.2 Å². The van der Waals surface area contributed by atoms with Crippen molar-refractivity contribution in [3.63, 3.8) is 0 Å². The van der Waals surface area contributed by atoms with E-state index < -0.39 is 0 Å². The van der Waals surface area contributed by atoms with E-state index in [4.69, 9.17) is 0 Å². The molecule has 0 bridgehead atoms. The highest BCUT2D eigenvalue weighted by molar-refractivity contribution is 6.63. The largest absolute Gasteiger partial charge is 0.274 e. The quantitative estimate of drug-likeness (QED) is 0.0694. The van der Waals surface area contributed by atoms with Crippen molar-refractivity contribution in [2.75, 3.05) is 0 Å². The molecule has 6 heteroatoms. The van der Waals surface area contributed by atoms with E-state index in [1.807, 2.05) is 0 Å². The minimum absolute atomic E-state index is 0.195. The number of hydrogen-bond donors (Lipinski definition) is 0. The number of nitrogens with zero attached hydrogens (tertiary/aromatic N) is 2. The fourth-order valence-electron chi connectivity index (χ4n) is 17.8. The highest BCUT2D eigenvalue weighted by Gasteiger charge is 2.37. The third-order valence-corrected chi connectivity index (χ3v) is 20.6. The summed E-state index contributed by atoms with van der Waals surface area (Å²) in [7, 11) is 0. The lowest BCUT2D eigenvalue weighted by molar-refractivity contribution is 0.568. The van der Waals surface area contributed by atoms with Crippen LogP contribution in [0.25, 0.3) is 184 Å². The second kappa shape index (κ2) is 15.6. The summed E-state index contributed by atoms with van der Waals surface area (Å²) < 4.78 is 3.11. The van der Waals surface area contributed by atoms with Gasteiger partial charge in [0.05, 0.1) is 21.5 Å². The first kappa shape index (κ1) is 47.0. The van der Waals surface area contributed by atoms with E-state index in [0.29, 0.717) is 34.6 Å². The Morgan fingerprint density at radius 1 is 0.268 bits per heavy atom. The number of aryl methyl sites for hydroxylation is 6. The molecular formula is C76H58N2O4. The van der Waals surface area contributed by atoms with Crippen LogP contribution in [-0.4, -0.2) is 9.13 Å². The van der Waals surface area contributed by atoms with Crippen molar-refractivity contribution in [2.24, 2.45) is 0 Å². The fraction of sp³-hybridized carbons (Fsp3) is 0.237. The van der Waals surface area contributed by atoms with Gasteiger partial charge >= 0.3 is 0 Å². The van der Waals surface area contributed by atoms with E-state index >= 15 is 19.2 Å². The van der Waals surface area contributed by atoms with Crippen LogP contribution < -0.4 is 22.2 Å². The summed E-state index contributed by atoms with van der Waals surface area (Å²) >= 11 is 0. The zero-order valence-electron chi connectivity index (χ0n) is 47.7. The van der Waals surface area contributed by atoms with Crippen LogP contribution in [0.1, 0.15) is 98.6 Å². The molecule has 2 aromatic heterocycles. The second-order valence-electron chi connectivity index (χ2n) is 25.3. The van der Waals surface area contributed by atoms with Crippen LogP contribution in [-0.2, 0) is 13.1 Å². The molecule has 0 saturated heterocycles. The van der Waals surface area contributed by atoms with Gasteiger partial charge in [-0.05, 0) is 251 Å².